The summed E-state index contributed by atoms with van der Waals surface area (Å²) >= 11 is 0. The van der Waals surface area contributed by atoms with Crippen molar-refractivity contribution < 1.29 is 0 Å². The van der Waals surface area contributed by atoms with E-state index in [4.69, 9.17) is 0 Å². The predicted octanol–water partition coefficient (Wildman–Crippen LogP) is 7.15. The first kappa shape index (κ1) is 27.2. The van der Waals surface area contributed by atoms with E-state index in [0.29, 0.717) is 0 Å². The molecule has 0 saturated heterocycles. The van der Waals surface area contributed by atoms with Crippen LogP contribution in [0.3, 0.4) is 0 Å². The summed E-state index contributed by atoms with van der Waals surface area (Å²) in [6.45, 7) is 13.5. The van der Waals surface area contributed by atoms with Gasteiger partial charge >= 0.3 is 0 Å². The molecule has 6 rings (SSSR count). The van der Waals surface area contributed by atoms with Crippen molar-refractivity contribution in [2.24, 2.45) is 0 Å². The summed E-state index contributed by atoms with van der Waals surface area (Å²) in [6.07, 6.45) is 11.3. The van der Waals surface area contributed by atoms with Gasteiger partial charge in [-0.1, -0.05) is 111 Å². The molecule has 180 valence electrons. The maximum atomic E-state index is 3.44. The minimum Gasteiger partial charge on any atom is -0.127 e. The zero-order valence-electron chi connectivity index (χ0n) is 22.6. The van der Waals surface area contributed by atoms with E-state index in [0.717, 1.165) is 36.8 Å². The Hall–Kier alpha value is -3.41. The van der Waals surface area contributed by atoms with Crippen LogP contribution in [-0.4, -0.2) is 16.1 Å². The second kappa shape index (κ2) is 12.5. The Kier molecular flexibility index (Phi) is 9.46. The third-order valence-corrected chi connectivity index (χ3v) is 7.34. The third kappa shape index (κ3) is 9.33. The summed E-state index contributed by atoms with van der Waals surface area (Å²) in [5, 5.41) is 0. The Morgan fingerprint density at radius 3 is 1.22 bits per heavy atom. The highest BCUT2D eigenvalue weighted by molar-refractivity contribution is 6.84. The van der Waals surface area contributed by atoms with Gasteiger partial charge in [0.15, 0.2) is 0 Å². The molecule has 36 heavy (non-hydrogen) atoms. The van der Waals surface area contributed by atoms with E-state index in [1.54, 1.807) is 0 Å². The molecule has 0 aromatic heterocycles. The van der Waals surface area contributed by atoms with Crippen LogP contribution >= 0.6 is 0 Å². The Morgan fingerprint density at radius 1 is 0.500 bits per heavy atom. The van der Waals surface area contributed by atoms with Gasteiger partial charge in [0.2, 0.25) is 0 Å². The summed E-state index contributed by atoms with van der Waals surface area (Å²) in [5.41, 5.74) is 14.1. The van der Waals surface area contributed by atoms with Gasteiger partial charge in [-0.15, -0.1) is 11.1 Å². The zero-order chi connectivity index (χ0) is 26.0. The van der Waals surface area contributed by atoms with Gasteiger partial charge in [0.25, 0.3) is 0 Å². The van der Waals surface area contributed by atoms with Crippen LogP contribution in [0.15, 0.2) is 60.7 Å². The molecule has 4 bridgehead atoms. The molecule has 0 nitrogen and oxygen atoms in total. The van der Waals surface area contributed by atoms with Crippen molar-refractivity contribution >= 4 is 16.1 Å². The van der Waals surface area contributed by atoms with Crippen LogP contribution in [0.2, 0.25) is 39.3 Å². The molecule has 2 aromatic rings. The molecular formula is C34H36Si2. The molecule has 2 heteroatoms. The van der Waals surface area contributed by atoms with Crippen LogP contribution in [0.25, 0.3) is 0 Å². The first-order valence-electron chi connectivity index (χ1n) is 12.7. The van der Waals surface area contributed by atoms with E-state index in [-0.39, 0.29) is 0 Å². The van der Waals surface area contributed by atoms with Crippen molar-refractivity contribution in [2.75, 3.05) is 0 Å². The molecule has 0 saturated carbocycles. The van der Waals surface area contributed by atoms with Crippen LogP contribution in [0, 0.1) is 46.6 Å². The van der Waals surface area contributed by atoms with Crippen molar-refractivity contribution in [1.82, 2.24) is 0 Å². The van der Waals surface area contributed by atoms with E-state index in [9.17, 15) is 0 Å². The van der Waals surface area contributed by atoms with Crippen molar-refractivity contribution in [3.63, 3.8) is 0 Å². The average Bonchev–Trinajstić information content (AvgIpc) is 2.79. The fraction of sp³-hybridized carbons (Fsp3) is 0.294. The second-order valence-corrected chi connectivity index (χ2v) is 20.7. The lowest BCUT2D eigenvalue weighted by atomic mass is 9.89. The molecular weight excluding hydrogens is 465 g/mol. The van der Waals surface area contributed by atoms with Gasteiger partial charge in [-0.2, -0.15) is 0 Å². The maximum Gasteiger partial charge on any atom is 0.129 e. The Morgan fingerprint density at radius 2 is 0.861 bits per heavy atom. The summed E-state index contributed by atoms with van der Waals surface area (Å²) in [5.74, 6) is 19.7. The van der Waals surface area contributed by atoms with Gasteiger partial charge in [0, 0.05) is 11.1 Å². The van der Waals surface area contributed by atoms with Gasteiger partial charge < -0.3 is 0 Å². The average molecular weight is 501 g/mol. The summed E-state index contributed by atoms with van der Waals surface area (Å²) in [6, 6.07) is 13.6. The molecule has 0 radical (unpaired) electrons. The highest BCUT2D eigenvalue weighted by atomic mass is 28.3. The minimum atomic E-state index is -1.38. The van der Waals surface area contributed by atoms with E-state index in [1.807, 2.05) is 24.3 Å². The van der Waals surface area contributed by atoms with Gasteiger partial charge in [-0.3, -0.25) is 0 Å². The molecule has 0 fully saturated rings. The number of hydrogen-bond acceptors (Lipinski definition) is 0. The molecule has 0 atom stereocenters. The molecule has 0 amide bonds. The highest BCUT2D eigenvalue weighted by Crippen LogP contribution is 2.23. The summed E-state index contributed by atoms with van der Waals surface area (Å²) in [4.78, 5) is 0. The topological polar surface area (TPSA) is 0 Å². The number of hydrogen-bond donors (Lipinski definition) is 0. The van der Waals surface area contributed by atoms with Crippen molar-refractivity contribution in [1.29, 1.82) is 0 Å². The monoisotopic (exact) mass is 500 g/mol. The van der Waals surface area contributed by atoms with Gasteiger partial charge in [0.05, 0.1) is 0 Å². The van der Waals surface area contributed by atoms with Crippen molar-refractivity contribution in [3.8, 4) is 46.6 Å². The third-order valence-electron chi connectivity index (χ3n) is 5.56. The fourth-order valence-electron chi connectivity index (χ4n) is 3.73. The summed E-state index contributed by atoms with van der Waals surface area (Å²) in [7, 11) is -2.76. The Labute approximate surface area is 221 Å². The standard InChI is InChI=1S/C34H36Si2/c1-35(2,3)27-13-9-7-11-15-33-31-23-21-29-17-19-30(20-18-29)22-24-32(26-25-31)34(33)16-12-8-10-14-28-36(4,5)6/h7-10,17-20,25-26H,21-24H2,1-6H3/b9-7-,10-8-. The van der Waals surface area contributed by atoms with Crippen LogP contribution in [0.1, 0.15) is 33.4 Å². The smallest absolute Gasteiger partial charge is 0.127 e. The maximum absolute atomic E-state index is 3.44. The fourth-order valence-corrected chi connectivity index (χ4v) is 4.77. The molecule has 0 heterocycles. The predicted molar refractivity (Wildman–Crippen MR) is 162 cm³/mol. The molecule has 0 aliphatic heterocycles. The Bertz CT molecular complexity index is 1280. The minimum absolute atomic E-state index is 0.939. The number of aryl methyl sites for hydroxylation is 4. The molecule has 4 aliphatic rings. The van der Waals surface area contributed by atoms with Gasteiger partial charge in [0.1, 0.15) is 16.1 Å². The van der Waals surface area contributed by atoms with Crippen LogP contribution in [0.4, 0.5) is 0 Å². The summed E-state index contributed by atoms with van der Waals surface area (Å²) < 4.78 is 0. The van der Waals surface area contributed by atoms with Crippen LogP contribution < -0.4 is 0 Å². The molecule has 0 unspecified atom stereocenters. The quantitative estimate of drug-likeness (QED) is 0.266. The SMILES string of the molecule is C[Si](C)(C)C#C/C=C\C#Cc1c2ccc(c1C#C/C=C\C#C[Si](C)(C)C)CCc1ccc(cc1)CC2. The molecule has 0 N–H and O–H groups in total. The largest absolute Gasteiger partial charge is 0.129 e. The number of rotatable bonds is 0. The molecule has 4 aliphatic carbocycles. The molecule has 2 aromatic carbocycles. The Balaban J connectivity index is 2.02. The highest BCUT2D eigenvalue weighted by Gasteiger charge is 2.13. The van der Waals surface area contributed by atoms with E-state index >= 15 is 0 Å². The van der Waals surface area contributed by atoms with Crippen molar-refractivity contribution in [3.05, 3.63) is 94.1 Å². The first-order chi connectivity index (χ1) is 17.1. The van der Waals surface area contributed by atoms with Gasteiger partial charge in [-0.05, 0) is 72.2 Å². The van der Waals surface area contributed by atoms with E-state index in [1.165, 1.54) is 22.3 Å². The lowest BCUT2D eigenvalue weighted by molar-refractivity contribution is 0.915. The van der Waals surface area contributed by atoms with Crippen LogP contribution in [0.5, 0.6) is 0 Å². The molecule has 0 spiro atoms. The number of allylic oxidation sites excluding steroid dienone is 4. The normalized spacial score (nSPS) is 12.8. The van der Waals surface area contributed by atoms with Crippen molar-refractivity contribution in [2.45, 2.75) is 65.0 Å². The van der Waals surface area contributed by atoms with Crippen LogP contribution in [-0.2, 0) is 25.7 Å². The number of benzene rings is 2. The zero-order valence-corrected chi connectivity index (χ0v) is 24.6. The van der Waals surface area contributed by atoms with E-state index < -0.39 is 16.1 Å². The first-order valence-corrected chi connectivity index (χ1v) is 19.7. The van der Waals surface area contributed by atoms with E-state index in [2.05, 4.69) is 122 Å². The lowest BCUT2D eigenvalue weighted by Gasteiger charge is -2.14. The second-order valence-electron chi connectivity index (χ2n) is 11.2. The van der Waals surface area contributed by atoms with Gasteiger partial charge in [-0.25, -0.2) is 0 Å². The lowest BCUT2D eigenvalue weighted by Crippen LogP contribution is -2.16.